The molecule has 1 heteroatoms. The van der Waals surface area contributed by atoms with Crippen LogP contribution >= 0.6 is 0 Å². The zero-order chi connectivity index (χ0) is 18.3. The molecule has 3 aliphatic carbocycles. The van der Waals surface area contributed by atoms with Gasteiger partial charge in [-0.3, -0.25) is 4.90 Å². The van der Waals surface area contributed by atoms with Gasteiger partial charge in [-0.15, -0.1) is 0 Å². The van der Waals surface area contributed by atoms with Gasteiger partial charge in [0.1, 0.15) is 0 Å². The lowest BCUT2D eigenvalue weighted by Gasteiger charge is -2.42. The molecule has 1 saturated heterocycles. The number of likely N-dealkylation sites (tertiary alicyclic amines) is 1. The van der Waals surface area contributed by atoms with E-state index in [0.29, 0.717) is 0 Å². The first kappa shape index (κ1) is 19.3. The largest absolute Gasteiger partial charge is 0.294 e. The summed E-state index contributed by atoms with van der Waals surface area (Å²) in [7, 11) is 0. The highest BCUT2D eigenvalue weighted by atomic mass is 15.3. The van der Waals surface area contributed by atoms with Crippen molar-refractivity contribution in [3.05, 3.63) is 0 Å². The fourth-order valence-corrected chi connectivity index (χ4v) is 7.95. The summed E-state index contributed by atoms with van der Waals surface area (Å²) in [5.74, 6) is 6.16. The minimum absolute atomic E-state index is 0.812. The van der Waals surface area contributed by atoms with Gasteiger partial charge in [0.2, 0.25) is 0 Å². The van der Waals surface area contributed by atoms with Gasteiger partial charge in [0, 0.05) is 18.1 Å². The summed E-state index contributed by atoms with van der Waals surface area (Å²) in [6.45, 7) is 9.96. The Hall–Kier alpha value is -0.0400. The Labute approximate surface area is 163 Å². The molecular weight excluding hydrogens is 314 g/mol. The van der Waals surface area contributed by atoms with E-state index < -0.39 is 0 Å². The van der Waals surface area contributed by atoms with Crippen LogP contribution in [0.2, 0.25) is 0 Å². The van der Waals surface area contributed by atoms with E-state index in [4.69, 9.17) is 0 Å². The van der Waals surface area contributed by atoms with Crippen LogP contribution in [0.1, 0.15) is 105 Å². The van der Waals surface area contributed by atoms with Crippen molar-refractivity contribution in [2.24, 2.45) is 35.5 Å². The molecule has 0 amide bonds. The summed E-state index contributed by atoms with van der Waals surface area (Å²) in [5, 5.41) is 0. The van der Waals surface area contributed by atoms with Crippen LogP contribution in [0, 0.1) is 35.5 Å². The smallest absolute Gasteiger partial charge is 0.0133 e. The quantitative estimate of drug-likeness (QED) is 0.527. The van der Waals surface area contributed by atoms with Crippen LogP contribution in [0.5, 0.6) is 0 Å². The summed E-state index contributed by atoms with van der Waals surface area (Å²) < 4.78 is 0. The normalized spacial score (nSPS) is 48.0. The van der Waals surface area contributed by atoms with Crippen LogP contribution in [0.3, 0.4) is 0 Å². The summed E-state index contributed by atoms with van der Waals surface area (Å²) >= 11 is 0. The first-order valence-electron chi connectivity index (χ1n) is 12.4. The number of fused-ring (bicyclic) bond motifs is 3. The molecule has 1 aliphatic heterocycles. The average Bonchev–Trinajstić information content (AvgIpc) is 2.97. The van der Waals surface area contributed by atoms with E-state index in [-0.39, 0.29) is 0 Å². The van der Waals surface area contributed by atoms with E-state index in [1.165, 1.54) is 57.8 Å². The first-order chi connectivity index (χ1) is 12.6. The Bertz CT molecular complexity index is 459. The van der Waals surface area contributed by atoms with Crippen molar-refractivity contribution in [2.75, 3.05) is 0 Å². The third-order valence-corrected chi connectivity index (χ3v) is 9.41. The van der Waals surface area contributed by atoms with Crippen molar-refractivity contribution >= 4 is 0 Å². The van der Waals surface area contributed by atoms with Gasteiger partial charge in [0.25, 0.3) is 0 Å². The molecule has 0 bridgehead atoms. The Balaban J connectivity index is 1.42. The SMILES string of the molecule is CCC(C)N1C2CCCCC2C2CC(CC3CCC(C)CC3C)CCC21. The maximum atomic E-state index is 3.05. The molecule has 9 unspecified atom stereocenters. The number of hydrogen-bond acceptors (Lipinski definition) is 1. The van der Waals surface area contributed by atoms with Crippen LogP contribution in [0.15, 0.2) is 0 Å². The van der Waals surface area contributed by atoms with E-state index in [2.05, 4.69) is 32.6 Å². The molecule has 0 aromatic carbocycles. The summed E-state index contributed by atoms with van der Waals surface area (Å²) in [4.78, 5) is 3.05. The molecule has 4 rings (SSSR count). The predicted octanol–water partition coefficient (Wildman–Crippen LogP) is 6.91. The molecule has 150 valence electrons. The summed E-state index contributed by atoms with van der Waals surface area (Å²) in [5.41, 5.74) is 0. The van der Waals surface area contributed by atoms with E-state index in [1.54, 1.807) is 19.3 Å². The molecule has 1 heterocycles. The van der Waals surface area contributed by atoms with E-state index in [9.17, 15) is 0 Å². The summed E-state index contributed by atoms with van der Waals surface area (Å²) in [6.07, 6.45) is 18.1. The van der Waals surface area contributed by atoms with Gasteiger partial charge in [-0.25, -0.2) is 0 Å². The highest BCUT2D eigenvalue weighted by molar-refractivity contribution is 5.05. The average molecular weight is 360 g/mol. The van der Waals surface area contributed by atoms with Crippen LogP contribution in [-0.2, 0) is 0 Å². The molecule has 26 heavy (non-hydrogen) atoms. The van der Waals surface area contributed by atoms with Crippen LogP contribution < -0.4 is 0 Å². The van der Waals surface area contributed by atoms with Crippen molar-refractivity contribution in [3.63, 3.8) is 0 Å². The maximum absolute atomic E-state index is 3.05. The van der Waals surface area contributed by atoms with Gasteiger partial charge >= 0.3 is 0 Å². The third-order valence-electron chi connectivity index (χ3n) is 9.41. The van der Waals surface area contributed by atoms with Crippen molar-refractivity contribution in [1.29, 1.82) is 0 Å². The lowest BCUT2D eigenvalue weighted by Crippen LogP contribution is -2.45. The fraction of sp³-hybridized carbons (Fsp3) is 1.00. The molecule has 0 aromatic rings. The molecule has 3 saturated carbocycles. The second-order valence-corrected chi connectivity index (χ2v) is 11.0. The molecule has 0 spiro atoms. The first-order valence-corrected chi connectivity index (χ1v) is 12.4. The Morgan fingerprint density at radius 1 is 0.846 bits per heavy atom. The van der Waals surface area contributed by atoms with Crippen molar-refractivity contribution in [1.82, 2.24) is 4.90 Å². The Morgan fingerprint density at radius 2 is 1.62 bits per heavy atom. The van der Waals surface area contributed by atoms with Gasteiger partial charge in [0.15, 0.2) is 0 Å². The van der Waals surface area contributed by atoms with Crippen molar-refractivity contribution in [2.45, 2.75) is 123 Å². The highest BCUT2D eigenvalue weighted by Gasteiger charge is 2.52. The van der Waals surface area contributed by atoms with Gasteiger partial charge in [-0.05, 0) is 100 Å². The monoisotopic (exact) mass is 359 g/mol. The molecule has 0 aromatic heterocycles. The predicted molar refractivity (Wildman–Crippen MR) is 112 cm³/mol. The zero-order valence-electron chi connectivity index (χ0n) is 18.1. The molecule has 0 radical (unpaired) electrons. The van der Waals surface area contributed by atoms with Gasteiger partial charge in [-0.2, -0.15) is 0 Å². The van der Waals surface area contributed by atoms with Crippen molar-refractivity contribution in [3.8, 4) is 0 Å². The maximum Gasteiger partial charge on any atom is 0.0133 e. The fourth-order valence-electron chi connectivity index (χ4n) is 7.95. The van der Waals surface area contributed by atoms with Crippen LogP contribution in [0.4, 0.5) is 0 Å². The third kappa shape index (κ3) is 3.63. The Morgan fingerprint density at radius 3 is 2.38 bits per heavy atom. The second-order valence-electron chi connectivity index (χ2n) is 11.0. The van der Waals surface area contributed by atoms with Crippen molar-refractivity contribution < 1.29 is 0 Å². The van der Waals surface area contributed by atoms with Crippen LogP contribution in [-0.4, -0.2) is 23.0 Å². The van der Waals surface area contributed by atoms with Gasteiger partial charge in [0.05, 0.1) is 0 Å². The van der Waals surface area contributed by atoms with E-state index >= 15 is 0 Å². The minimum atomic E-state index is 0.812. The molecule has 4 fully saturated rings. The van der Waals surface area contributed by atoms with E-state index in [1.807, 2.05) is 0 Å². The van der Waals surface area contributed by atoms with E-state index in [0.717, 1.165) is 53.6 Å². The molecular formula is C25H45N. The molecule has 4 aliphatic rings. The lowest BCUT2D eigenvalue weighted by atomic mass is 9.66. The molecule has 1 nitrogen and oxygen atoms in total. The second kappa shape index (κ2) is 8.14. The minimum Gasteiger partial charge on any atom is -0.294 e. The number of hydrogen-bond donors (Lipinski definition) is 0. The topological polar surface area (TPSA) is 3.24 Å². The summed E-state index contributed by atoms with van der Waals surface area (Å²) in [6, 6.07) is 2.70. The molecule has 0 N–H and O–H groups in total. The number of rotatable bonds is 4. The Kier molecular flexibility index (Phi) is 6.04. The molecule has 9 atom stereocenters. The van der Waals surface area contributed by atoms with Crippen LogP contribution in [0.25, 0.3) is 0 Å². The van der Waals surface area contributed by atoms with Gasteiger partial charge in [-0.1, -0.05) is 40.0 Å². The standard InChI is InChI=1S/C25H45N/c1-5-19(4)26-24-9-7-6-8-22(24)23-16-20(11-13-25(23)26)15-21-12-10-17(2)14-18(21)3/h17-25H,5-16H2,1-4H3. The number of nitrogens with zero attached hydrogens (tertiary/aromatic N) is 1. The zero-order valence-corrected chi connectivity index (χ0v) is 18.1. The lowest BCUT2D eigenvalue weighted by molar-refractivity contribution is 0.0753. The van der Waals surface area contributed by atoms with Gasteiger partial charge < -0.3 is 0 Å². The highest BCUT2D eigenvalue weighted by Crippen LogP contribution is 2.52.